The summed E-state index contributed by atoms with van der Waals surface area (Å²) in [5.74, 6) is -1.24. The highest BCUT2D eigenvalue weighted by atomic mass is 16.4. The van der Waals surface area contributed by atoms with Gasteiger partial charge >= 0.3 is 5.97 Å². The molecule has 2 aromatic rings. The first kappa shape index (κ1) is 14.3. The number of carbonyl (C=O) groups is 2. The topological polar surface area (TPSA) is 119 Å². The Labute approximate surface area is 120 Å². The van der Waals surface area contributed by atoms with Crippen molar-refractivity contribution in [1.29, 1.82) is 5.26 Å². The Morgan fingerprint density at radius 3 is 2.62 bits per heavy atom. The van der Waals surface area contributed by atoms with Gasteiger partial charge in [-0.2, -0.15) is 5.26 Å². The van der Waals surface area contributed by atoms with Gasteiger partial charge in [0.15, 0.2) is 11.5 Å². The Morgan fingerprint density at radius 2 is 2.05 bits per heavy atom. The van der Waals surface area contributed by atoms with Crippen molar-refractivity contribution in [2.24, 2.45) is 0 Å². The van der Waals surface area contributed by atoms with Crippen LogP contribution in [0, 0.1) is 11.3 Å². The summed E-state index contributed by atoms with van der Waals surface area (Å²) in [6, 6.07) is 8.70. The second-order valence-corrected chi connectivity index (χ2v) is 4.29. The molecule has 3 N–H and O–H groups in total. The van der Waals surface area contributed by atoms with Crippen molar-refractivity contribution >= 4 is 17.6 Å². The van der Waals surface area contributed by atoms with Gasteiger partial charge in [0.1, 0.15) is 6.07 Å². The number of benzene rings is 1. The lowest BCUT2D eigenvalue weighted by Crippen LogP contribution is -2.13. The molecule has 0 bridgehead atoms. The molecule has 21 heavy (non-hydrogen) atoms. The molecule has 0 saturated heterocycles. The zero-order valence-corrected chi connectivity index (χ0v) is 11.0. The van der Waals surface area contributed by atoms with Crippen molar-refractivity contribution in [3.8, 4) is 6.07 Å². The number of aryl methyl sites for hydroxylation is 1. The Morgan fingerprint density at radius 1 is 1.33 bits per heavy atom. The number of nitrogens with zero attached hydrogens (tertiary/aromatic N) is 2. The number of nitriles is 1. The predicted octanol–water partition coefficient (Wildman–Crippen LogP) is 1.55. The van der Waals surface area contributed by atoms with Crippen LogP contribution in [0.5, 0.6) is 0 Å². The molecule has 0 aliphatic carbocycles. The Bertz CT molecular complexity index is 698. The van der Waals surface area contributed by atoms with E-state index in [-0.39, 0.29) is 17.9 Å². The standard InChI is InChI=1S/C14H12N4O3/c15-7-11-8-16-13(17-11)14(21)18-10-4-1-9(2-5-10)3-6-12(19)20/h1-2,4-5,8H,3,6H2,(H,16,17)(H,18,21)(H,19,20). The molecule has 0 unspecified atom stereocenters. The van der Waals surface area contributed by atoms with E-state index >= 15 is 0 Å². The van der Waals surface area contributed by atoms with Crippen LogP contribution in [-0.4, -0.2) is 27.0 Å². The normalized spacial score (nSPS) is 9.86. The monoisotopic (exact) mass is 284 g/mol. The predicted molar refractivity (Wildman–Crippen MR) is 73.7 cm³/mol. The lowest BCUT2D eigenvalue weighted by Gasteiger charge is -2.04. The molecule has 0 saturated carbocycles. The third kappa shape index (κ3) is 3.91. The summed E-state index contributed by atoms with van der Waals surface area (Å²) in [4.78, 5) is 28.7. The van der Waals surface area contributed by atoms with Gasteiger partial charge in [-0.1, -0.05) is 12.1 Å². The van der Waals surface area contributed by atoms with Crippen molar-refractivity contribution < 1.29 is 14.7 Å². The number of aromatic amines is 1. The van der Waals surface area contributed by atoms with Crippen molar-refractivity contribution in [1.82, 2.24) is 9.97 Å². The highest BCUT2D eigenvalue weighted by Crippen LogP contribution is 2.12. The van der Waals surface area contributed by atoms with Crippen LogP contribution in [0.1, 0.15) is 28.3 Å². The molecule has 0 aliphatic heterocycles. The zero-order valence-electron chi connectivity index (χ0n) is 11.0. The van der Waals surface area contributed by atoms with E-state index in [0.29, 0.717) is 12.1 Å². The van der Waals surface area contributed by atoms with Gasteiger partial charge in [0, 0.05) is 18.3 Å². The fourth-order valence-corrected chi connectivity index (χ4v) is 1.69. The molecular weight excluding hydrogens is 272 g/mol. The number of nitrogens with one attached hydrogen (secondary N) is 2. The number of hydrogen-bond donors (Lipinski definition) is 3. The third-order valence-electron chi connectivity index (χ3n) is 2.75. The van der Waals surface area contributed by atoms with E-state index < -0.39 is 11.9 Å². The van der Waals surface area contributed by atoms with E-state index in [1.54, 1.807) is 24.3 Å². The smallest absolute Gasteiger partial charge is 0.303 e. The molecule has 2 rings (SSSR count). The first-order valence-corrected chi connectivity index (χ1v) is 6.16. The Kier molecular flexibility index (Phi) is 4.31. The van der Waals surface area contributed by atoms with Crippen LogP contribution in [0.15, 0.2) is 30.5 Å². The van der Waals surface area contributed by atoms with Crippen LogP contribution in [0.25, 0.3) is 0 Å². The van der Waals surface area contributed by atoms with Gasteiger partial charge in [0.2, 0.25) is 0 Å². The lowest BCUT2D eigenvalue weighted by atomic mass is 10.1. The third-order valence-corrected chi connectivity index (χ3v) is 2.75. The molecule has 0 spiro atoms. The molecule has 0 atom stereocenters. The van der Waals surface area contributed by atoms with Crippen molar-refractivity contribution in [3.63, 3.8) is 0 Å². The molecule has 1 amide bonds. The van der Waals surface area contributed by atoms with E-state index in [4.69, 9.17) is 10.4 Å². The minimum Gasteiger partial charge on any atom is -0.481 e. The Hall–Kier alpha value is -3.14. The number of amides is 1. The molecule has 7 heteroatoms. The average Bonchev–Trinajstić information content (AvgIpc) is 2.95. The highest BCUT2D eigenvalue weighted by molar-refractivity contribution is 6.01. The number of carboxylic acid groups (broad SMARTS) is 1. The molecule has 0 fully saturated rings. The number of hydrogen-bond acceptors (Lipinski definition) is 4. The van der Waals surface area contributed by atoms with Gasteiger partial charge in [0.25, 0.3) is 5.91 Å². The second-order valence-electron chi connectivity index (χ2n) is 4.29. The van der Waals surface area contributed by atoms with Gasteiger partial charge < -0.3 is 15.4 Å². The van der Waals surface area contributed by atoms with Gasteiger partial charge in [-0.3, -0.25) is 9.59 Å². The molecule has 106 valence electrons. The summed E-state index contributed by atoms with van der Waals surface area (Å²) < 4.78 is 0. The van der Waals surface area contributed by atoms with Gasteiger partial charge in [0.05, 0.1) is 0 Å². The fraction of sp³-hybridized carbons (Fsp3) is 0.143. The summed E-state index contributed by atoms with van der Waals surface area (Å²) in [6.07, 6.45) is 1.85. The van der Waals surface area contributed by atoms with E-state index in [1.165, 1.54) is 6.20 Å². The van der Waals surface area contributed by atoms with Crippen LogP contribution < -0.4 is 5.32 Å². The SMILES string of the molecule is N#Cc1c[nH]c(C(=O)Nc2ccc(CCC(=O)O)cc2)n1. The van der Waals surface area contributed by atoms with Crippen LogP contribution in [-0.2, 0) is 11.2 Å². The zero-order chi connectivity index (χ0) is 15.2. The molecule has 1 aromatic carbocycles. The number of rotatable bonds is 5. The number of aliphatic carboxylic acids is 1. The van der Waals surface area contributed by atoms with Crippen LogP contribution >= 0.6 is 0 Å². The highest BCUT2D eigenvalue weighted by Gasteiger charge is 2.10. The fourth-order valence-electron chi connectivity index (χ4n) is 1.69. The van der Waals surface area contributed by atoms with E-state index in [1.807, 2.05) is 6.07 Å². The molecular formula is C14H12N4O3. The summed E-state index contributed by atoms with van der Waals surface area (Å²) in [7, 11) is 0. The summed E-state index contributed by atoms with van der Waals surface area (Å²) in [5.41, 5.74) is 1.58. The van der Waals surface area contributed by atoms with Gasteiger partial charge in [-0.05, 0) is 24.1 Å². The molecule has 1 aromatic heterocycles. The van der Waals surface area contributed by atoms with E-state index in [2.05, 4.69) is 15.3 Å². The number of H-pyrrole nitrogens is 1. The van der Waals surface area contributed by atoms with Crippen molar-refractivity contribution in [3.05, 3.63) is 47.5 Å². The van der Waals surface area contributed by atoms with Crippen molar-refractivity contribution in [2.75, 3.05) is 5.32 Å². The quantitative estimate of drug-likeness (QED) is 0.769. The number of carbonyl (C=O) groups excluding carboxylic acids is 1. The number of anilines is 1. The maximum absolute atomic E-state index is 11.9. The molecule has 0 aliphatic rings. The Balaban J connectivity index is 1.98. The minimum atomic E-state index is -0.849. The first-order chi connectivity index (χ1) is 10.1. The molecule has 7 nitrogen and oxygen atoms in total. The number of aromatic nitrogens is 2. The van der Waals surface area contributed by atoms with Crippen LogP contribution in [0.2, 0.25) is 0 Å². The first-order valence-electron chi connectivity index (χ1n) is 6.16. The maximum Gasteiger partial charge on any atom is 0.303 e. The molecule has 1 heterocycles. The average molecular weight is 284 g/mol. The van der Waals surface area contributed by atoms with E-state index in [0.717, 1.165) is 5.56 Å². The molecule has 0 radical (unpaired) electrons. The number of imidazole rings is 1. The second kappa shape index (κ2) is 6.34. The summed E-state index contributed by atoms with van der Waals surface area (Å²) in [5, 5.41) is 19.9. The summed E-state index contributed by atoms with van der Waals surface area (Å²) >= 11 is 0. The lowest BCUT2D eigenvalue weighted by molar-refractivity contribution is -0.136. The van der Waals surface area contributed by atoms with Gasteiger partial charge in [-0.15, -0.1) is 0 Å². The number of carboxylic acids is 1. The summed E-state index contributed by atoms with van der Waals surface area (Å²) in [6.45, 7) is 0. The van der Waals surface area contributed by atoms with Gasteiger partial charge in [-0.25, -0.2) is 4.98 Å². The van der Waals surface area contributed by atoms with Crippen LogP contribution in [0.4, 0.5) is 5.69 Å². The minimum absolute atomic E-state index is 0.0569. The van der Waals surface area contributed by atoms with E-state index in [9.17, 15) is 9.59 Å². The van der Waals surface area contributed by atoms with Crippen LogP contribution in [0.3, 0.4) is 0 Å². The maximum atomic E-state index is 11.9. The largest absolute Gasteiger partial charge is 0.481 e. The van der Waals surface area contributed by atoms with Crippen molar-refractivity contribution in [2.45, 2.75) is 12.8 Å².